The van der Waals surface area contributed by atoms with E-state index in [2.05, 4.69) is 27.8 Å². The third-order valence-electron chi connectivity index (χ3n) is 4.75. The van der Waals surface area contributed by atoms with Gasteiger partial charge in [0.25, 0.3) is 5.69 Å². The molecule has 2 heterocycles. The van der Waals surface area contributed by atoms with Crippen molar-refractivity contribution < 1.29 is 9.31 Å². The first-order valence-corrected chi connectivity index (χ1v) is 8.34. The van der Waals surface area contributed by atoms with Gasteiger partial charge >= 0.3 is 0 Å². The molecule has 1 unspecified atom stereocenters. The second-order valence-corrected chi connectivity index (χ2v) is 6.30. The van der Waals surface area contributed by atoms with Crippen LogP contribution in [0.3, 0.4) is 0 Å². The van der Waals surface area contributed by atoms with Crippen molar-refractivity contribution in [3.05, 3.63) is 69.8 Å². The first-order valence-electron chi connectivity index (χ1n) is 8.34. The summed E-state index contributed by atoms with van der Waals surface area (Å²) in [6.07, 6.45) is 3.65. The van der Waals surface area contributed by atoms with Crippen LogP contribution in [-0.2, 0) is 6.54 Å². The summed E-state index contributed by atoms with van der Waals surface area (Å²) in [6, 6.07) is 7.92. The number of nitrogens with zero attached hydrogens (tertiary/aromatic N) is 4. The van der Waals surface area contributed by atoms with E-state index in [0.29, 0.717) is 12.1 Å². The molecule has 0 spiro atoms. The summed E-state index contributed by atoms with van der Waals surface area (Å²) in [6.45, 7) is 5.85. The van der Waals surface area contributed by atoms with Crippen molar-refractivity contribution in [2.45, 2.75) is 19.5 Å². The van der Waals surface area contributed by atoms with Crippen molar-refractivity contribution in [3.63, 3.8) is 0 Å². The largest absolute Gasteiger partial charge is 0.296 e. The van der Waals surface area contributed by atoms with E-state index in [0.717, 1.165) is 32.2 Å². The minimum absolute atomic E-state index is 0.0208. The lowest BCUT2D eigenvalue weighted by molar-refractivity contribution is -0.385. The Morgan fingerprint density at radius 2 is 2.04 bits per heavy atom. The van der Waals surface area contributed by atoms with Crippen LogP contribution in [0.15, 0.2) is 42.7 Å². The highest BCUT2D eigenvalue weighted by atomic mass is 19.1. The fourth-order valence-corrected chi connectivity index (χ4v) is 3.24. The van der Waals surface area contributed by atoms with Crippen molar-refractivity contribution in [1.29, 1.82) is 0 Å². The molecule has 1 aliphatic heterocycles. The van der Waals surface area contributed by atoms with Crippen LogP contribution in [-0.4, -0.2) is 45.9 Å². The number of nitro benzene ring substituents is 1. The van der Waals surface area contributed by atoms with Gasteiger partial charge < -0.3 is 0 Å². The lowest BCUT2D eigenvalue weighted by atomic mass is 10.1. The summed E-state index contributed by atoms with van der Waals surface area (Å²) < 4.78 is 13.5. The fourth-order valence-electron chi connectivity index (χ4n) is 3.24. The number of halogens is 1. The van der Waals surface area contributed by atoms with Crippen LogP contribution >= 0.6 is 0 Å². The van der Waals surface area contributed by atoms with Gasteiger partial charge in [-0.2, -0.15) is 0 Å². The molecule has 1 aromatic heterocycles. The third-order valence-corrected chi connectivity index (χ3v) is 4.75. The van der Waals surface area contributed by atoms with E-state index < -0.39 is 10.7 Å². The predicted octanol–water partition coefficient (Wildman–Crippen LogP) is 3.01. The fraction of sp³-hybridized carbons (Fsp3) is 0.389. The number of rotatable bonds is 5. The average Bonchev–Trinajstić information content (AvgIpc) is 2.62. The van der Waals surface area contributed by atoms with Gasteiger partial charge in [-0.25, -0.2) is 4.39 Å². The molecule has 6 nitrogen and oxygen atoms in total. The van der Waals surface area contributed by atoms with Crippen LogP contribution in [0.2, 0.25) is 0 Å². The number of aromatic nitrogens is 1. The predicted molar refractivity (Wildman–Crippen MR) is 92.6 cm³/mol. The lowest BCUT2D eigenvalue weighted by Crippen LogP contribution is -2.46. The quantitative estimate of drug-likeness (QED) is 0.616. The number of nitro groups is 1. The second kappa shape index (κ2) is 7.67. The van der Waals surface area contributed by atoms with E-state index in [1.54, 1.807) is 6.20 Å². The molecular formula is C18H21FN4O2. The summed E-state index contributed by atoms with van der Waals surface area (Å²) in [7, 11) is 0. The van der Waals surface area contributed by atoms with E-state index in [-0.39, 0.29) is 11.7 Å². The van der Waals surface area contributed by atoms with Gasteiger partial charge in [0.1, 0.15) is 5.82 Å². The highest BCUT2D eigenvalue weighted by Gasteiger charge is 2.24. The van der Waals surface area contributed by atoms with E-state index in [1.165, 1.54) is 17.7 Å². The van der Waals surface area contributed by atoms with E-state index in [9.17, 15) is 14.5 Å². The normalized spacial score (nSPS) is 17.4. The minimum Gasteiger partial charge on any atom is -0.296 e. The molecule has 1 aliphatic rings. The summed E-state index contributed by atoms with van der Waals surface area (Å²) >= 11 is 0. The molecule has 25 heavy (non-hydrogen) atoms. The van der Waals surface area contributed by atoms with Crippen molar-refractivity contribution >= 4 is 5.69 Å². The van der Waals surface area contributed by atoms with Crippen molar-refractivity contribution in [1.82, 2.24) is 14.8 Å². The SMILES string of the molecule is CC(c1cccnc1)N1CCN(Cc2cc(F)ccc2[N+](=O)[O-])CC1. The molecule has 132 valence electrons. The standard InChI is InChI=1S/C18H21FN4O2/c1-14(15-3-2-6-20-12-15)22-9-7-21(8-10-22)13-16-11-17(19)4-5-18(16)23(24)25/h2-6,11-12,14H,7-10,13H2,1H3. The van der Waals surface area contributed by atoms with Gasteiger partial charge in [-0.05, 0) is 30.7 Å². The molecule has 1 saturated heterocycles. The molecule has 1 atom stereocenters. The van der Waals surface area contributed by atoms with Gasteiger partial charge in [0, 0.05) is 62.8 Å². The molecule has 1 aromatic carbocycles. The van der Waals surface area contributed by atoms with E-state index in [4.69, 9.17) is 0 Å². The summed E-state index contributed by atoms with van der Waals surface area (Å²) in [5, 5.41) is 11.1. The zero-order chi connectivity index (χ0) is 17.8. The number of hydrogen-bond acceptors (Lipinski definition) is 5. The molecule has 0 bridgehead atoms. The maximum absolute atomic E-state index is 13.5. The summed E-state index contributed by atoms with van der Waals surface area (Å²) in [5.74, 6) is -0.440. The molecule has 3 rings (SSSR count). The van der Waals surface area contributed by atoms with Crippen LogP contribution in [0.1, 0.15) is 24.1 Å². The Hall–Kier alpha value is -2.38. The molecule has 0 amide bonds. The monoisotopic (exact) mass is 344 g/mol. The molecule has 0 aliphatic carbocycles. The highest BCUT2D eigenvalue weighted by Crippen LogP contribution is 2.24. The van der Waals surface area contributed by atoms with Gasteiger partial charge in [0.05, 0.1) is 4.92 Å². The molecule has 7 heteroatoms. The third kappa shape index (κ3) is 4.18. The number of benzene rings is 1. The molecular weight excluding hydrogens is 323 g/mol. The van der Waals surface area contributed by atoms with Gasteiger partial charge in [-0.3, -0.25) is 24.9 Å². The zero-order valence-corrected chi connectivity index (χ0v) is 14.1. The Labute approximate surface area is 146 Å². The first kappa shape index (κ1) is 17.4. The molecule has 2 aromatic rings. The molecule has 0 N–H and O–H groups in total. The lowest BCUT2D eigenvalue weighted by Gasteiger charge is -2.38. The maximum atomic E-state index is 13.5. The number of hydrogen-bond donors (Lipinski definition) is 0. The van der Waals surface area contributed by atoms with Crippen molar-refractivity contribution in [2.75, 3.05) is 26.2 Å². The van der Waals surface area contributed by atoms with Gasteiger partial charge in [0.15, 0.2) is 0 Å². The van der Waals surface area contributed by atoms with Gasteiger partial charge in [0.2, 0.25) is 0 Å². The Balaban J connectivity index is 1.62. The average molecular weight is 344 g/mol. The molecule has 0 radical (unpaired) electrons. The zero-order valence-electron chi connectivity index (χ0n) is 14.1. The smallest absolute Gasteiger partial charge is 0.274 e. The van der Waals surface area contributed by atoms with Gasteiger partial charge in [-0.1, -0.05) is 6.07 Å². The Morgan fingerprint density at radius 3 is 2.68 bits per heavy atom. The highest BCUT2D eigenvalue weighted by molar-refractivity contribution is 5.40. The van der Waals surface area contributed by atoms with E-state index in [1.807, 2.05) is 12.3 Å². The molecule has 1 fully saturated rings. The minimum atomic E-state index is -0.449. The first-order chi connectivity index (χ1) is 12.0. The molecule has 0 saturated carbocycles. The summed E-state index contributed by atoms with van der Waals surface area (Å²) in [4.78, 5) is 19.3. The van der Waals surface area contributed by atoms with E-state index >= 15 is 0 Å². The van der Waals surface area contributed by atoms with Crippen LogP contribution in [0.5, 0.6) is 0 Å². The van der Waals surface area contributed by atoms with Crippen molar-refractivity contribution in [2.24, 2.45) is 0 Å². The van der Waals surface area contributed by atoms with Crippen LogP contribution < -0.4 is 0 Å². The van der Waals surface area contributed by atoms with Gasteiger partial charge in [-0.15, -0.1) is 0 Å². The Kier molecular flexibility index (Phi) is 5.35. The Bertz CT molecular complexity index is 733. The van der Waals surface area contributed by atoms with Crippen LogP contribution in [0.25, 0.3) is 0 Å². The topological polar surface area (TPSA) is 62.5 Å². The maximum Gasteiger partial charge on any atom is 0.274 e. The Morgan fingerprint density at radius 1 is 1.28 bits per heavy atom. The second-order valence-electron chi connectivity index (χ2n) is 6.30. The van der Waals surface area contributed by atoms with Crippen molar-refractivity contribution in [3.8, 4) is 0 Å². The summed E-state index contributed by atoms with van der Waals surface area (Å²) in [5.41, 5.74) is 1.59. The number of pyridine rings is 1. The van der Waals surface area contributed by atoms with Crippen LogP contribution in [0, 0.1) is 15.9 Å². The van der Waals surface area contributed by atoms with Crippen LogP contribution in [0.4, 0.5) is 10.1 Å². The number of piperazine rings is 1.